The lowest BCUT2D eigenvalue weighted by molar-refractivity contribution is -0.173. The number of nitrogens with zero attached hydrogens (tertiary/aromatic N) is 1. The summed E-state index contributed by atoms with van der Waals surface area (Å²) in [5, 5.41) is 22.2. The van der Waals surface area contributed by atoms with Gasteiger partial charge in [-0.05, 0) is 36.5 Å². The summed E-state index contributed by atoms with van der Waals surface area (Å²) in [6, 6.07) is 3.75. The minimum atomic E-state index is -1.68. The van der Waals surface area contributed by atoms with Crippen molar-refractivity contribution < 1.29 is 48.4 Å². The molecule has 208 valence electrons. The van der Waals surface area contributed by atoms with Crippen LogP contribution in [0.1, 0.15) is 32.8 Å². The van der Waals surface area contributed by atoms with Gasteiger partial charge in [0.1, 0.15) is 11.8 Å². The van der Waals surface area contributed by atoms with Crippen LogP contribution in [-0.4, -0.2) is 81.0 Å². The maximum Gasteiger partial charge on any atom is 0.516 e. The number of ether oxygens (including phenoxy) is 3. The maximum absolute atomic E-state index is 13.1. The second kappa shape index (κ2) is 11.5. The Kier molecular flexibility index (Phi) is 8.85. The van der Waals surface area contributed by atoms with Crippen molar-refractivity contribution in [3.63, 3.8) is 0 Å². The second-order valence-corrected chi connectivity index (χ2v) is 9.84. The van der Waals surface area contributed by atoms with E-state index in [1.807, 2.05) is 0 Å². The molecule has 3 unspecified atom stereocenters. The van der Waals surface area contributed by atoms with Crippen LogP contribution in [0.4, 0.5) is 9.59 Å². The van der Waals surface area contributed by atoms with Gasteiger partial charge in [-0.1, -0.05) is 26.0 Å². The minimum absolute atomic E-state index is 0.0750. The third-order valence-electron chi connectivity index (χ3n) is 6.51. The van der Waals surface area contributed by atoms with Crippen LogP contribution in [0.2, 0.25) is 0 Å². The standard InChI is InChI=1S/C24H30ClN3O10/c1-11(2)18(29)24-17(15(8-9-25)19(30)27-24)28(21(24)33)22(34)36-12(3)37-23(35)38-14-6-4-13(5-7-14)10-16(26)20(31)32/h4-7,11-12,15-18,29H,8-10,26H2,1-3H3,(H,27,30)(H,31,32)/t12?,15-,16?,17+,18+,24?/m0/s1. The summed E-state index contributed by atoms with van der Waals surface area (Å²) < 4.78 is 15.0. The van der Waals surface area contributed by atoms with Gasteiger partial charge in [0.2, 0.25) is 12.2 Å². The van der Waals surface area contributed by atoms with E-state index in [0.717, 1.165) is 4.90 Å². The molecule has 5 N–H and O–H groups in total. The van der Waals surface area contributed by atoms with Crippen LogP contribution >= 0.6 is 11.6 Å². The van der Waals surface area contributed by atoms with Gasteiger partial charge in [0, 0.05) is 12.8 Å². The Morgan fingerprint density at radius 3 is 2.34 bits per heavy atom. The number of β-lactam (4-membered cyclic amide) rings is 1. The average molecular weight is 556 g/mol. The zero-order chi connectivity index (χ0) is 28.4. The quantitative estimate of drug-likeness (QED) is 0.106. The number of carbonyl (C=O) groups excluding carboxylic acids is 4. The smallest absolute Gasteiger partial charge is 0.480 e. The summed E-state index contributed by atoms with van der Waals surface area (Å²) in [5.74, 6) is -3.59. The lowest BCUT2D eigenvalue weighted by atomic mass is 9.69. The third-order valence-corrected chi connectivity index (χ3v) is 6.72. The summed E-state index contributed by atoms with van der Waals surface area (Å²) in [7, 11) is 0. The number of imide groups is 1. The molecule has 6 atom stereocenters. The van der Waals surface area contributed by atoms with Crippen molar-refractivity contribution in [1.29, 1.82) is 0 Å². The fourth-order valence-corrected chi connectivity index (χ4v) is 4.91. The molecule has 1 aromatic carbocycles. The number of hydrogen-bond donors (Lipinski definition) is 4. The van der Waals surface area contributed by atoms with Gasteiger partial charge in [-0.2, -0.15) is 0 Å². The van der Waals surface area contributed by atoms with E-state index in [9.17, 15) is 29.1 Å². The molecule has 2 aliphatic rings. The Labute approximate surface area is 223 Å². The number of nitrogens with two attached hydrogens (primary N) is 1. The van der Waals surface area contributed by atoms with E-state index >= 15 is 0 Å². The van der Waals surface area contributed by atoms with E-state index in [4.69, 9.17) is 36.7 Å². The van der Waals surface area contributed by atoms with Crippen molar-refractivity contribution >= 4 is 41.6 Å². The van der Waals surface area contributed by atoms with E-state index in [1.165, 1.54) is 31.2 Å². The molecule has 13 nitrogen and oxygen atoms in total. The molecule has 14 heteroatoms. The highest BCUT2D eigenvalue weighted by Crippen LogP contribution is 2.46. The molecule has 0 saturated carbocycles. The number of aliphatic carboxylic acids is 1. The molecule has 0 bridgehead atoms. The molecule has 0 spiro atoms. The Morgan fingerprint density at radius 1 is 1.16 bits per heavy atom. The fraction of sp³-hybridized carbons (Fsp3) is 0.542. The Morgan fingerprint density at radius 2 is 1.79 bits per heavy atom. The van der Waals surface area contributed by atoms with E-state index < -0.39 is 71.9 Å². The van der Waals surface area contributed by atoms with E-state index in [-0.39, 0.29) is 24.5 Å². The molecule has 2 aliphatic heterocycles. The van der Waals surface area contributed by atoms with Crippen molar-refractivity contribution in [2.45, 2.75) is 63.6 Å². The highest BCUT2D eigenvalue weighted by Gasteiger charge is 2.74. The second-order valence-electron chi connectivity index (χ2n) is 9.47. The van der Waals surface area contributed by atoms with Gasteiger partial charge in [0.25, 0.3) is 5.91 Å². The highest BCUT2D eigenvalue weighted by molar-refractivity contribution is 6.18. The van der Waals surface area contributed by atoms with Crippen molar-refractivity contribution in [3.05, 3.63) is 29.8 Å². The number of carbonyl (C=O) groups is 5. The number of carboxylic acids is 1. The summed E-state index contributed by atoms with van der Waals surface area (Å²) in [5.41, 5.74) is 4.42. The Bertz CT molecular complexity index is 1100. The van der Waals surface area contributed by atoms with Crippen molar-refractivity contribution in [2.75, 3.05) is 5.88 Å². The van der Waals surface area contributed by atoms with Crippen molar-refractivity contribution in [3.8, 4) is 5.75 Å². The van der Waals surface area contributed by atoms with E-state index in [0.29, 0.717) is 5.56 Å². The molecule has 2 saturated heterocycles. The van der Waals surface area contributed by atoms with E-state index in [2.05, 4.69) is 5.32 Å². The number of rotatable bonds is 10. The molecule has 0 radical (unpaired) electrons. The first-order chi connectivity index (χ1) is 17.8. The summed E-state index contributed by atoms with van der Waals surface area (Å²) >= 11 is 5.82. The number of alkyl halides is 1. The van der Waals surface area contributed by atoms with E-state index in [1.54, 1.807) is 13.8 Å². The average Bonchev–Trinajstić information content (AvgIpc) is 3.08. The van der Waals surface area contributed by atoms with Crippen molar-refractivity contribution in [1.82, 2.24) is 10.2 Å². The SMILES string of the molecule is CC(OC(=O)Oc1ccc(CC(N)C(=O)O)cc1)OC(=O)N1C(=O)C2([C@H](O)C(C)C)NC(=O)[C@@H](CCCl)[C@@H]12. The lowest BCUT2D eigenvalue weighted by Gasteiger charge is -2.53. The van der Waals surface area contributed by atoms with Crippen LogP contribution in [-0.2, 0) is 30.3 Å². The van der Waals surface area contributed by atoms with Crippen LogP contribution in [0.3, 0.4) is 0 Å². The molecule has 1 aromatic rings. The first-order valence-corrected chi connectivity index (χ1v) is 12.4. The first-order valence-electron chi connectivity index (χ1n) is 11.9. The molecule has 3 rings (SSSR count). The van der Waals surface area contributed by atoms with Crippen LogP contribution in [0.5, 0.6) is 5.75 Å². The number of fused-ring (bicyclic) bond motifs is 1. The molecule has 3 amide bonds. The van der Waals surface area contributed by atoms with Crippen molar-refractivity contribution in [2.24, 2.45) is 17.6 Å². The number of likely N-dealkylation sites (tertiary alicyclic amines) is 1. The number of benzene rings is 1. The number of amides is 3. The van der Waals surface area contributed by atoms with Gasteiger partial charge in [0.15, 0.2) is 5.54 Å². The topological polar surface area (TPSA) is 195 Å². The van der Waals surface area contributed by atoms with Gasteiger partial charge in [0.05, 0.1) is 18.1 Å². The zero-order valence-electron chi connectivity index (χ0n) is 21.0. The van der Waals surface area contributed by atoms with Crippen LogP contribution < -0.4 is 15.8 Å². The molecule has 38 heavy (non-hydrogen) atoms. The van der Waals surface area contributed by atoms with Gasteiger partial charge in [-0.3, -0.25) is 14.4 Å². The molecular formula is C24H30ClN3O10. The Hall–Kier alpha value is -3.42. The monoisotopic (exact) mass is 555 g/mol. The third kappa shape index (κ3) is 5.54. The van der Waals surface area contributed by atoms with Gasteiger partial charge in [-0.15, -0.1) is 11.6 Å². The zero-order valence-corrected chi connectivity index (χ0v) is 21.7. The first kappa shape index (κ1) is 29.1. The molecule has 2 heterocycles. The van der Waals surface area contributed by atoms with Crippen LogP contribution in [0.25, 0.3) is 0 Å². The summed E-state index contributed by atoms with van der Waals surface area (Å²) in [4.78, 5) is 62.2. The normalized spacial score (nSPS) is 24.6. The number of hydrogen-bond acceptors (Lipinski definition) is 10. The summed E-state index contributed by atoms with van der Waals surface area (Å²) in [6.07, 6.45) is -4.88. The predicted octanol–water partition coefficient (Wildman–Crippen LogP) is 0.980. The minimum Gasteiger partial charge on any atom is -0.480 e. The van der Waals surface area contributed by atoms with Gasteiger partial charge < -0.3 is 35.5 Å². The largest absolute Gasteiger partial charge is 0.516 e. The summed E-state index contributed by atoms with van der Waals surface area (Å²) in [6.45, 7) is 4.57. The van der Waals surface area contributed by atoms with Gasteiger partial charge in [-0.25, -0.2) is 14.5 Å². The lowest BCUT2D eigenvalue weighted by Crippen LogP contribution is -2.82. The number of aliphatic hydroxyl groups excluding tert-OH is 1. The van der Waals surface area contributed by atoms with Crippen LogP contribution in [0, 0.1) is 11.8 Å². The highest BCUT2D eigenvalue weighted by atomic mass is 35.5. The molecular weight excluding hydrogens is 526 g/mol. The number of aliphatic hydroxyl groups is 1. The predicted molar refractivity (Wildman–Crippen MR) is 130 cm³/mol. The fourth-order valence-electron chi connectivity index (χ4n) is 4.67. The number of carboxylic acid groups (broad SMARTS) is 1. The molecule has 2 fully saturated rings. The Balaban J connectivity index is 1.61. The molecule has 0 aromatic heterocycles. The van der Waals surface area contributed by atoms with Gasteiger partial charge >= 0.3 is 18.2 Å². The number of halogens is 1. The number of nitrogens with one attached hydrogen (secondary N) is 1. The maximum atomic E-state index is 13.1. The molecule has 0 aliphatic carbocycles. The van der Waals surface area contributed by atoms with Crippen LogP contribution in [0.15, 0.2) is 24.3 Å².